The van der Waals surface area contributed by atoms with Gasteiger partial charge in [-0.1, -0.05) is 79.4 Å². The van der Waals surface area contributed by atoms with Crippen LogP contribution in [-0.2, 0) is 21.4 Å². The zero-order valence-electron chi connectivity index (χ0n) is 20.1. The van der Waals surface area contributed by atoms with Crippen molar-refractivity contribution in [2.75, 3.05) is 5.32 Å². The number of carbonyl (C=O) groups is 2. The molecule has 0 aliphatic heterocycles. The van der Waals surface area contributed by atoms with E-state index in [1.54, 1.807) is 30.6 Å². The molecule has 0 bridgehead atoms. The Hall–Kier alpha value is -4.42. The van der Waals surface area contributed by atoms with Crippen LogP contribution in [0.5, 0.6) is 0 Å². The van der Waals surface area contributed by atoms with Crippen molar-refractivity contribution in [3.05, 3.63) is 138 Å². The first-order valence-electron chi connectivity index (χ1n) is 11.9. The lowest BCUT2D eigenvalue weighted by Gasteiger charge is -2.33. The number of hydrogen-bond acceptors (Lipinski definition) is 5. The highest BCUT2D eigenvalue weighted by Gasteiger charge is 2.44. The summed E-state index contributed by atoms with van der Waals surface area (Å²) >= 11 is 1.37. The smallest absolute Gasteiger partial charge is 0.241 e. The Kier molecular flexibility index (Phi) is 7.01. The van der Waals surface area contributed by atoms with Crippen molar-refractivity contribution in [1.82, 2.24) is 9.97 Å². The van der Waals surface area contributed by atoms with E-state index in [1.807, 2.05) is 47.8 Å². The summed E-state index contributed by atoms with van der Waals surface area (Å²) in [5, 5.41) is 5.42. The third kappa shape index (κ3) is 5.25. The van der Waals surface area contributed by atoms with Crippen LogP contribution in [0.4, 0.5) is 5.13 Å². The van der Waals surface area contributed by atoms with Gasteiger partial charge in [0.2, 0.25) is 5.91 Å². The molecule has 1 aliphatic rings. The van der Waals surface area contributed by atoms with Gasteiger partial charge >= 0.3 is 0 Å². The number of aromatic nitrogens is 2. The molecule has 182 valence electrons. The highest BCUT2D eigenvalue weighted by Crippen LogP contribution is 2.38. The van der Waals surface area contributed by atoms with Crippen molar-refractivity contribution in [3.63, 3.8) is 0 Å². The Morgan fingerprint density at radius 1 is 0.946 bits per heavy atom. The van der Waals surface area contributed by atoms with Gasteiger partial charge in [0.05, 0.1) is 5.69 Å². The monoisotopic (exact) mass is 503 g/mol. The Balaban J connectivity index is 1.36. The number of ketones is 1. The summed E-state index contributed by atoms with van der Waals surface area (Å²) in [5.41, 5.74) is 4.28. The van der Waals surface area contributed by atoms with Crippen LogP contribution in [0.1, 0.15) is 23.2 Å². The lowest BCUT2D eigenvalue weighted by molar-refractivity contribution is -0.124. The summed E-state index contributed by atoms with van der Waals surface area (Å²) in [6.07, 6.45) is 10.9. The number of nitrogens with one attached hydrogen (secondary N) is 1. The maximum atomic E-state index is 13.8. The maximum absolute atomic E-state index is 13.8. The molecule has 5 nitrogen and oxygen atoms in total. The first kappa shape index (κ1) is 24.3. The highest BCUT2D eigenvalue weighted by molar-refractivity contribution is 7.13. The molecule has 5 rings (SSSR count). The van der Waals surface area contributed by atoms with Crippen LogP contribution < -0.4 is 5.32 Å². The van der Waals surface area contributed by atoms with Gasteiger partial charge in [-0.05, 0) is 46.0 Å². The predicted octanol–water partition coefficient (Wildman–Crippen LogP) is 6.31. The Labute approximate surface area is 219 Å². The Bertz CT molecular complexity index is 1490. The molecule has 2 heterocycles. The first-order valence-corrected chi connectivity index (χ1v) is 12.8. The van der Waals surface area contributed by atoms with Gasteiger partial charge in [-0.2, -0.15) is 0 Å². The first-order chi connectivity index (χ1) is 18.0. The molecule has 1 unspecified atom stereocenters. The van der Waals surface area contributed by atoms with E-state index in [-0.39, 0.29) is 18.1 Å². The van der Waals surface area contributed by atoms with Crippen molar-refractivity contribution in [2.24, 2.45) is 0 Å². The van der Waals surface area contributed by atoms with E-state index >= 15 is 0 Å². The van der Waals surface area contributed by atoms with Crippen LogP contribution in [0.3, 0.4) is 0 Å². The van der Waals surface area contributed by atoms with Crippen LogP contribution in [0.25, 0.3) is 11.1 Å². The van der Waals surface area contributed by atoms with Crippen LogP contribution >= 0.6 is 11.3 Å². The molecule has 6 heteroatoms. The predicted molar refractivity (Wildman–Crippen MR) is 148 cm³/mol. The molecule has 2 aromatic heterocycles. The number of rotatable bonds is 6. The quantitative estimate of drug-likeness (QED) is 0.335. The molecular weight excluding hydrogens is 478 g/mol. The highest BCUT2D eigenvalue weighted by atomic mass is 32.1. The van der Waals surface area contributed by atoms with Crippen LogP contribution in [0, 0.1) is 0 Å². The molecule has 1 aliphatic carbocycles. The molecule has 1 amide bonds. The minimum atomic E-state index is -1.23. The fourth-order valence-electron chi connectivity index (χ4n) is 4.50. The summed E-state index contributed by atoms with van der Waals surface area (Å²) < 4.78 is 0. The van der Waals surface area contributed by atoms with Crippen molar-refractivity contribution in [2.45, 2.75) is 18.3 Å². The third-order valence-electron chi connectivity index (χ3n) is 6.46. The van der Waals surface area contributed by atoms with Crippen molar-refractivity contribution >= 4 is 28.2 Å². The summed E-state index contributed by atoms with van der Waals surface area (Å²) in [5.74, 6) is -0.459. The average Bonchev–Trinajstić information content (AvgIpc) is 3.36. The lowest BCUT2D eigenvalue weighted by atomic mass is 9.69. The van der Waals surface area contributed by atoms with Crippen LogP contribution in [0.2, 0.25) is 0 Å². The maximum Gasteiger partial charge on any atom is 0.241 e. The molecule has 0 spiro atoms. The summed E-state index contributed by atoms with van der Waals surface area (Å²) in [7, 11) is 0. The number of amides is 1. The second kappa shape index (κ2) is 10.7. The van der Waals surface area contributed by atoms with Gasteiger partial charge in [0.1, 0.15) is 5.41 Å². The SMILES string of the molecule is C=C1/C=C\C=C/C(=O)CC1(C(=O)Nc1nc(Cc2ccc(-c3ccncc3)cc2)cs1)c1ccccc1. The van der Waals surface area contributed by atoms with Gasteiger partial charge in [0.15, 0.2) is 10.9 Å². The molecule has 0 saturated heterocycles. The van der Waals surface area contributed by atoms with Gasteiger partial charge in [0.25, 0.3) is 0 Å². The zero-order chi connectivity index (χ0) is 25.7. The standard InChI is InChI=1S/C31H25N3O2S/c1-22-7-5-6-10-28(35)20-31(22,26-8-3-2-4-9-26)29(36)34-30-33-27(21-37-30)19-23-11-13-24(14-12-23)25-15-17-32-18-16-25/h2-18,21H,1,19-20H2,(H,33,34,36)/b7-5-,10-6-. The number of thiazole rings is 1. The number of anilines is 1. The number of nitrogens with zero attached hydrogens (tertiary/aromatic N) is 2. The fraction of sp³-hybridized carbons (Fsp3) is 0.0968. The van der Waals surface area contributed by atoms with Gasteiger partial charge in [-0.15, -0.1) is 11.3 Å². The minimum absolute atomic E-state index is 0.00935. The van der Waals surface area contributed by atoms with Gasteiger partial charge in [-0.3, -0.25) is 14.6 Å². The average molecular weight is 504 g/mol. The lowest BCUT2D eigenvalue weighted by Crippen LogP contribution is -2.43. The van der Waals surface area contributed by atoms with E-state index in [1.165, 1.54) is 17.4 Å². The van der Waals surface area contributed by atoms with Gasteiger partial charge < -0.3 is 5.32 Å². The molecule has 0 radical (unpaired) electrons. The largest absolute Gasteiger partial charge is 0.301 e. The van der Waals surface area contributed by atoms with Gasteiger partial charge in [0, 0.05) is 30.6 Å². The molecule has 37 heavy (non-hydrogen) atoms. The van der Waals surface area contributed by atoms with Crippen LogP contribution in [0.15, 0.2) is 121 Å². The topological polar surface area (TPSA) is 72.0 Å². The number of pyridine rings is 1. The van der Waals surface area contributed by atoms with E-state index in [0.29, 0.717) is 17.1 Å². The normalized spacial score (nSPS) is 19.0. The molecule has 1 N–H and O–H groups in total. The number of hydrogen-bond donors (Lipinski definition) is 1. The van der Waals surface area contributed by atoms with Crippen LogP contribution in [-0.4, -0.2) is 21.7 Å². The van der Waals surface area contributed by atoms with Crippen molar-refractivity contribution < 1.29 is 9.59 Å². The molecule has 4 aromatic rings. The molecule has 0 fully saturated rings. The summed E-state index contributed by atoms with van der Waals surface area (Å²) in [4.78, 5) is 35.3. The van der Waals surface area contributed by atoms with E-state index in [0.717, 1.165) is 27.9 Å². The second-order valence-electron chi connectivity index (χ2n) is 8.87. The molecular formula is C31H25N3O2S. The van der Waals surface area contributed by atoms with E-state index in [9.17, 15) is 9.59 Å². The number of allylic oxidation sites excluding steroid dienone is 4. The number of carbonyl (C=O) groups excluding carboxylic acids is 2. The van der Waals surface area contributed by atoms with E-state index in [2.05, 4.69) is 46.1 Å². The fourth-order valence-corrected chi connectivity index (χ4v) is 5.20. The molecule has 1 atom stereocenters. The van der Waals surface area contributed by atoms with Crippen molar-refractivity contribution in [3.8, 4) is 11.1 Å². The molecule has 0 saturated carbocycles. The third-order valence-corrected chi connectivity index (χ3v) is 7.26. The summed E-state index contributed by atoms with van der Waals surface area (Å²) in [6, 6.07) is 21.6. The summed E-state index contributed by atoms with van der Waals surface area (Å²) in [6.45, 7) is 4.18. The van der Waals surface area contributed by atoms with E-state index < -0.39 is 5.41 Å². The Morgan fingerprint density at radius 3 is 2.41 bits per heavy atom. The van der Waals surface area contributed by atoms with Crippen molar-refractivity contribution in [1.29, 1.82) is 0 Å². The number of benzene rings is 2. The van der Waals surface area contributed by atoms with E-state index in [4.69, 9.17) is 0 Å². The Morgan fingerprint density at radius 2 is 1.65 bits per heavy atom. The second-order valence-corrected chi connectivity index (χ2v) is 9.72. The minimum Gasteiger partial charge on any atom is -0.301 e. The zero-order valence-corrected chi connectivity index (χ0v) is 20.9. The molecule has 2 aromatic carbocycles. The van der Waals surface area contributed by atoms with Gasteiger partial charge in [-0.25, -0.2) is 4.98 Å².